The van der Waals surface area contributed by atoms with Gasteiger partial charge in [0, 0.05) is 13.9 Å². The smallest absolute Gasteiger partial charge is 0.798 e. The molecule has 0 aromatic carbocycles. The first kappa shape index (κ1) is 18.8. The van der Waals surface area contributed by atoms with E-state index >= 15 is 0 Å². The van der Waals surface area contributed by atoms with Crippen molar-refractivity contribution in [3.05, 3.63) is 24.2 Å². The molecule has 10 heteroatoms. The predicted octanol–water partition coefficient (Wildman–Crippen LogP) is -3.75. The summed E-state index contributed by atoms with van der Waals surface area (Å²) in [6.45, 7) is 0.278. The van der Waals surface area contributed by atoms with Gasteiger partial charge in [0.15, 0.2) is 5.76 Å². The van der Waals surface area contributed by atoms with Gasteiger partial charge < -0.3 is 19.0 Å². The molecule has 0 aliphatic carbocycles. The molecule has 1 amide bonds. The number of nitrogens with zero attached hydrogens (tertiary/aromatic N) is 1. The van der Waals surface area contributed by atoms with Crippen LogP contribution in [0.25, 0.3) is 0 Å². The van der Waals surface area contributed by atoms with Crippen molar-refractivity contribution < 1.29 is 58.5 Å². The van der Waals surface area contributed by atoms with E-state index in [2.05, 4.69) is 5.32 Å². The van der Waals surface area contributed by atoms with Crippen LogP contribution in [-0.2, 0) is 4.57 Å². The van der Waals surface area contributed by atoms with Crippen molar-refractivity contribution in [1.29, 1.82) is 0 Å². The topological polar surface area (TPSA) is 126 Å². The fraction of sp³-hybridized carbons (Fsp3) is 0.444. The Labute approximate surface area is 132 Å². The average molecular weight is 300 g/mol. The zero-order valence-corrected chi connectivity index (χ0v) is 13.5. The third kappa shape index (κ3) is 6.20. The number of aliphatic hydroxyl groups is 1. The van der Waals surface area contributed by atoms with E-state index < -0.39 is 19.1 Å². The average Bonchev–Trinajstić information content (AvgIpc) is 2.79. The Morgan fingerprint density at radius 1 is 1.68 bits per heavy atom. The van der Waals surface area contributed by atoms with E-state index in [-0.39, 0.29) is 48.5 Å². The number of hydroxylamine groups is 2. The maximum atomic E-state index is 11.4. The summed E-state index contributed by atoms with van der Waals surface area (Å²) in [6.07, 6.45) is 1.28. The molecule has 3 N–H and O–H groups in total. The summed E-state index contributed by atoms with van der Waals surface area (Å²) < 4.78 is 15.7. The minimum Gasteiger partial charge on any atom is -0.798 e. The Hall–Kier alpha value is -0.180. The Bertz CT molecular complexity index is 434. The van der Waals surface area contributed by atoms with Crippen LogP contribution in [-0.4, -0.2) is 47.0 Å². The summed E-state index contributed by atoms with van der Waals surface area (Å²) in [5.41, 5.74) is 0. The molecule has 0 saturated carbocycles. The second-order valence-electron chi connectivity index (χ2n) is 3.68. The molecular weight excluding hydrogens is 286 g/mol. The third-order valence-electron chi connectivity index (χ3n) is 2.10. The summed E-state index contributed by atoms with van der Waals surface area (Å²) in [7, 11) is -3.85. The van der Waals surface area contributed by atoms with Crippen LogP contribution in [0, 0.1) is 0 Å². The molecule has 19 heavy (non-hydrogen) atoms. The first-order valence-corrected chi connectivity index (χ1v) is 7.17. The Kier molecular flexibility index (Phi) is 8.11. The van der Waals surface area contributed by atoms with Crippen LogP contribution in [0.2, 0.25) is 0 Å². The molecular formula is C9H14N2NaO6P. The number of rotatable bonds is 6. The van der Waals surface area contributed by atoms with Crippen LogP contribution in [0.1, 0.15) is 10.6 Å². The van der Waals surface area contributed by atoms with Gasteiger partial charge >= 0.3 is 35.5 Å². The third-order valence-corrected chi connectivity index (χ3v) is 3.36. The van der Waals surface area contributed by atoms with E-state index in [9.17, 15) is 24.6 Å². The fourth-order valence-corrected chi connectivity index (χ4v) is 1.53. The first-order valence-electron chi connectivity index (χ1n) is 5.03. The number of carbonyl (C=O) groups excluding carboxylic acids is 1. The second kappa shape index (κ2) is 8.18. The molecule has 0 fully saturated rings. The van der Waals surface area contributed by atoms with Gasteiger partial charge in [-0.1, -0.05) is 0 Å². The predicted molar refractivity (Wildman–Crippen MR) is 59.1 cm³/mol. The minimum atomic E-state index is -3.85. The summed E-state index contributed by atoms with van der Waals surface area (Å²) in [5.74, 6) is -2.39. The van der Waals surface area contributed by atoms with Crippen molar-refractivity contribution in [3.63, 3.8) is 0 Å². The van der Waals surface area contributed by atoms with Gasteiger partial charge in [-0.25, -0.2) is 5.06 Å². The Morgan fingerprint density at radius 3 is 2.79 bits per heavy atom. The summed E-state index contributed by atoms with van der Waals surface area (Å²) in [4.78, 5) is 22.3. The molecule has 1 heterocycles. The molecule has 0 spiro atoms. The van der Waals surface area contributed by atoms with E-state index in [0.717, 1.165) is 6.66 Å². The molecule has 1 aromatic rings. The van der Waals surface area contributed by atoms with E-state index in [1.165, 1.54) is 18.4 Å². The van der Waals surface area contributed by atoms with E-state index in [1.807, 2.05) is 0 Å². The largest absolute Gasteiger partial charge is 1.00 e. The number of hydrogen-bond donors (Lipinski definition) is 3. The fourth-order valence-electron chi connectivity index (χ4n) is 1.06. The normalized spacial score (nSPS) is 15.2. The molecule has 102 valence electrons. The van der Waals surface area contributed by atoms with Crippen LogP contribution in [0.5, 0.6) is 0 Å². The van der Waals surface area contributed by atoms with Crippen LogP contribution in [0.4, 0.5) is 0 Å². The second-order valence-corrected chi connectivity index (χ2v) is 6.10. The van der Waals surface area contributed by atoms with E-state index in [4.69, 9.17) is 4.42 Å². The monoisotopic (exact) mass is 300 g/mol. The molecule has 2 atom stereocenters. The van der Waals surface area contributed by atoms with Crippen molar-refractivity contribution in [3.8, 4) is 0 Å². The number of amides is 1. The molecule has 2 unspecified atom stereocenters. The van der Waals surface area contributed by atoms with Crippen molar-refractivity contribution in [1.82, 2.24) is 10.4 Å². The van der Waals surface area contributed by atoms with Gasteiger partial charge in [0.1, 0.15) is 5.85 Å². The number of nitrogens with one attached hydrogen (secondary N) is 1. The SMILES string of the molecule is CP(=O)([O-])C(O)CNCN(O)C(=O)c1ccco1.[Na+]. The van der Waals surface area contributed by atoms with Crippen molar-refractivity contribution in [2.75, 3.05) is 19.9 Å². The van der Waals surface area contributed by atoms with Gasteiger partial charge in [-0.3, -0.25) is 15.3 Å². The Morgan fingerprint density at radius 2 is 2.32 bits per heavy atom. The van der Waals surface area contributed by atoms with E-state index in [1.54, 1.807) is 0 Å². The summed E-state index contributed by atoms with van der Waals surface area (Å²) >= 11 is 0. The Balaban J connectivity index is 0.00000324. The number of aliphatic hydroxyl groups excluding tert-OH is 1. The molecule has 1 rings (SSSR count). The zero-order valence-electron chi connectivity index (χ0n) is 10.6. The van der Waals surface area contributed by atoms with Gasteiger partial charge in [-0.2, -0.15) is 0 Å². The van der Waals surface area contributed by atoms with Crippen molar-refractivity contribution >= 4 is 13.3 Å². The van der Waals surface area contributed by atoms with Gasteiger partial charge in [0.05, 0.1) is 12.9 Å². The molecule has 0 saturated heterocycles. The van der Waals surface area contributed by atoms with Gasteiger partial charge in [0.25, 0.3) is 0 Å². The number of carbonyl (C=O) groups is 1. The molecule has 0 radical (unpaired) electrons. The maximum absolute atomic E-state index is 11.4. The van der Waals surface area contributed by atoms with Crippen LogP contribution in [0.15, 0.2) is 22.8 Å². The minimum absolute atomic E-state index is 0. The molecule has 0 aliphatic rings. The van der Waals surface area contributed by atoms with Gasteiger partial charge in [0.2, 0.25) is 0 Å². The van der Waals surface area contributed by atoms with Crippen molar-refractivity contribution in [2.45, 2.75) is 5.85 Å². The summed E-state index contributed by atoms with van der Waals surface area (Å²) in [6, 6.07) is 2.86. The molecule has 1 aromatic heterocycles. The van der Waals surface area contributed by atoms with Crippen LogP contribution < -0.4 is 39.8 Å². The van der Waals surface area contributed by atoms with Gasteiger partial charge in [-0.15, -0.1) is 0 Å². The molecule has 8 nitrogen and oxygen atoms in total. The quantitative estimate of drug-likeness (QED) is 0.162. The summed E-state index contributed by atoms with van der Waals surface area (Å²) in [5, 5.41) is 21.3. The maximum Gasteiger partial charge on any atom is 1.00 e. The van der Waals surface area contributed by atoms with E-state index in [0.29, 0.717) is 5.06 Å². The van der Waals surface area contributed by atoms with Gasteiger partial charge in [-0.05, 0) is 18.8 Å². The molecule has 0 bridgehead atoms. The molecule has 0 aliphatic heterocycles. The standard InChI is InChI=1S/C9H15N2O6P.Na/c1-18(15,16)8(12)5-10-6-11(14)9(13)7-3-2-4-17-7;/h2-4,8,10,12,14H,5-6H2,1H3,(H,15,16);/q;+1/p-1. The van der Waals surface area contributed by atoms with Crippen molar-refractivity contribution in [2.24, 2.45) is 0 Å². The van der Waals surface area contributed by atoms with Crippen LogP contribution >= 0.6 is 7.37 Å². The number of hydrogen-bond acceptors (Lipinski definition) is 7. The van der Waals surface area contributed by atoms with Crippen LogP contribution in [0.3, 0.4) is 0 Å². The zero-order chi connectivity index (χ0) is 13.8. The first-order chi connectivity index (χ1) is 8.32. The number of furan rings is 1.